The number of hydrogen-bond donors (Lipinski definition) is 0. The molecule has 0 N–H and O–H groups in total. The van der Waals surface area contributed by atoms with Gasteiger partial charge in [-0.1, -0.05) is 30.3 Å². The molecule has 0 atom stereocenters. The molecule has 0 spiro atoms. The van der Waals surface area contributed by atoms with Crippen LogP contribution in [-0.4, -0.2) is 55.3 Å². The average molecular weight is 442 g/mol. The first-order valence-electron chi connectivity index (χ1n) is 10.8. The Bertz CT molecular complexity index is 1180. The lowest BCUT2D eigenvalue weighted by Gasteiger charge is -2.31. The van der Waals surface area contributed by atoms with Gasteiger partial charge in [0.25, 0.3) is 5.56 Å². The summed E-state index contributed by atoms with van der Waals surface area (Å²) in [5, 5.41) is 0. The van der Waals surface area contributed by atoms with Crippen LogP contribution in [0.15, 0.2) is 46.2 Å². The van der Waals surface area contributed by atoms with Gasteiger partial charge in [0.15, 0.2) is 11.2 Å². The van der Waals surface area contributed by atoms with Gasteiger partial charge in [0.1, 0.15) is 6.54 Å². The molecule has 0 radical (unpaired) electrons. The maximum atomic E-state index is 13.4. The number of imidazole rings is 1. The monoisotopic (exact) mass is 441 g/mol. The second-order valence-corrected chi connectivity index (χ2v) is 8.34. The molecule has 172 valence electrons. The molecular weight excluding hydrogens is 410 g/mol. The van der Waals surface area contributed by atoms with E-state index in [1.807, 2.05) is 58.0 Å². The lowest BCUT2D eigenvalue weighted by Crippen LogP contribution is -2.48. The highest BCUT2D eigenvalue weighted by atomic mass is 16.5. The SMILES string of the molecule is COCCn1cnc2c1c(=O)n(CC(=O)N(C(C)C)C(C)C)c(=O)n2Cc1ccccc1. The second kappa shape index (κ2) is 9.95. The van der Waals surface area contributed by atoms with Gasteiger partial charge in [-0.25, -0.2) is 14.3 Å². The number of nitrogens with zero attached hydrogens (tertiary/aromatic N) is 5. The number of carbonyl (C=O) groups excluding carboxylic acids is 1. The van der Waals surface area contributed by atoms with E-state index in [0.717, 1.165) is 10.1 Å². The number of fused-ring (bicyclic) bond motifs is 1. The van der Waals surface area contributed by atoms with Crippen molar-refractivity contribution in [2.24, 2.45) is 0 Å². The Morgan fingerprint density at radius 2 is 1.72 bits per heavy atom. The van der Waals surface area contributed by atoms with E-state index in [1.54, 1.807) is 16.6 Å². The Hall–Kier alpha value is -3.20. The maximum absolute atomic E-state index is 13.4. The summed E-state index contributed by atoms with van der Waals surface area (Å²) in [5.41, 5.74) is 0.400. The zero-order chi connectivity index (χ0) is 23.4. The molecule has 9 nitrogen and oxygen atoms in total. The minimum absolute atomic E-state index is 0.0549. The Morgan fingerprint density at radius 3 is 2.31 bits per heavy atom. The van der Waals surface area contributed by atoms with Crippen LogP contribution in [0.2, 0.25) is 0 Å². The average Bonchev–Trinajstić information content (AvgIpc) is 3.17. The minimum atomic E-state index is -0.552. The van der Waals surface area contributed by atoms with Crippen LogP contribution < -0.4 is 11.2 Å². The number of ether oxygens (including phenoxy) is 1. The Labute approximate surface area is 186 Å². The van der Waals surface area contributed by atoms with Crippen LogP contribution in [0, 0.1) is 0 Å². The third-order valence-corrected chi connectivity index (χ3v) is 5.40. The number of hydrogen-bond acceptors (Lipinski definition) is 5. The maximum Gasteiger partial charge on any atom is 0.333 e. The fourth-order valence-corrected chi connectivity index (χ4v) is 4.04. The van der Waals surface area contributed by atoms with E-state index in [9.17, 15) is 14.4 Å². The van der Waals surface area contributed by atoms with E-state index < -0.39 is 11.2 Å². The molecule has 0 saturated heterocycles. The molecule has 0 aliphatic rings. The summed E-state index contributed by atoms with van der Waals surface area (Å²) in [5.74, 6) is -0.275. The van der Waals surface area contributed by atoms with Gasteiger partial charge < -0.3 is 14.2 Å². The molecule has 2 heterocycles. The lowest BCUT2D eigenvalue weighted by atomic mass is 10.2. The summed E-state index contributed by atoms with van der Waals surface area (Å²) < 4.78 is 9.30. The van der Waals surface area contributed by atoms with E-state index in [1.165, 1.54) is 10.9 Å². The highest BCUT2D eigenvalue weighted by molar-refractivity contribution is 5.77. The van der Waals surface area contributed by atoms with Crippen molar-refractivity contribution in [2.75, 3.05) is 13.7 Å². The summed E-state index contributed by atoms with van der Waals surface area (Å²) in [6.07, 6.45) is 1.53. The number of methoxy groups -OCH3 is 1. The van der Waals surface area contributed by atoms with Crippen molar-refractivity contribution in [2.45, 2.75) is 59.4 Å². The van der Waals surface area contributed by atoms with E-state index in [-0.39, 0.29) is 36.6 Å². The summed E-state index contributed by atoms with van der Waals surface area (Å²) in [6.45, 7) is 8.36. The third-order valence-electron chi connectivity index (χ3n) is 5.40. The van der Waals surface area contributed by atoms with Crippen molar-refractivity contribution in [1.29, 1.82) is 0 Å². The fourth-order valence-electron chi connectivity index (χ4n) is 4.04. The molecule has 3 rings (SSSR count). The van der Waals surface area contributed by atoms with Crippen molar-refractivity contribution < 1.29 is 9.53 Å². The predicted molar refractivity (Wildman–Crippen MR) is 123 cm³/mol. The predicted octanol–water partition coefficient (Wildman–Crippen LogP) is 1.70. The summed E-state index contributed by atoms with van der Waals surface area (Å²) >= 11 is 0. The number of amides is 1. The Morgan fingerprint density at radius 1 is 1.06 bits per heavy atom. The number of benzene rings is 1. The van der Waals surface area contributed by atoms with Crippen LogP contribution in [0.4, 0.5) is 0 Å². The number of aromatic nitrogens is 4. The van der Waals surface area contributed by atoms with Crippen molar-refractivity contribution in [3.63, 3.8) is 0 Å². The fraction of sp³-hybridized carbons (Fsp3) is 0.478. The van der Waals surface area contributed by atoms with Crippen LogP contribution in [0.3, 0.4) is 0 Å². The molecule has 0 saturated carbocycles. The van der Waals surface area contributed by atoms with Crippen LogP contribution in [0.5, 0.6) is 0 Å². The first kappa shape index (κ1) is 23.5. The minimum Gasteiger partial charge on any atom is -0.383 e. The molecule has 9 heteroatoms. The Balaban J connectivity index is 2.17. The van der Waals surface area contributed by atoms with Crippen LogP contribution in [-0.2, 0) is 29.2 Å². The normalized spacial score (nSPS) is 11.6. The van der Waals surface area contributed by atoms with Gasteiger partial charge in [-0.3, -0.25) is 14.2 Å². The van der Waals surface area contributed by atoms with Gasteiger partial charge in [0, 0.05) is 25.7 Å². The summed E-state index contributed by atoms with van der Waals surface area (Å²) in [6, 6.07) is 9.36. The highest BCUT2D eigenvalue weighted by Crippen LogP contribution is 2.11. The molecule has 2 aromatic heterocycles. The molecule has 0 aliphatic carbocycles. The lowest BCUT2D eigenvalue weighted by molar-refractivity contribution is -0.135. The van der Waals surface area contributed by atoms with E-state index in [0.29, 0.717) is 18.8 Å². The largest absolute Gasteiger partial charge is 0.383 e. The first-order chi connectivity index (χ1) is 15.3. The van der Waals surface area contributed by atoms with Crippen molar-refractivity contribution in [3.05, 3.63) is 63.1 Å². The molecule has 0 aliphatic heterocycles. The van der Waals surface area contributed by atoms with Gasteiger partial charge in [-0.05, 0) is 33.3 Å². The molecule has 1 aromatic carbocycles. The van der Waals surface area contributed by atoms with E-state index in [4.69, 9.17) is 4.74 Å². The van der Waals surface area contributed by atoms with E-state index in [2.05, 4.69) is 4.98 Å². The standard InChI is InChI=1S/C23H31N5O4/c1-16(2)28(17(3)4)19(29)14-27-22(30)20-21(24-15-25(20)11-12-32-5)26(23(27)31)13-18-9-7-6-8-10-18/h6-10,15-17H,11-14H2,1-5H3. The molecule has 0 bridgehead atoms. The van der Waals surface area contributed by atoms with Gasteiger partial charge >= 0.3 is 5.69 Å². The Kier molecular flexibility index (Phi) is 7.29. The quantitative estimate of drug-likeness (QED) is 0.504. The molecule has 1 amide bonds. The van der Waals surface area contributed by atoms with Crippen LogP contribution >= 0.6 is 0 Å². The summed E-state index contributed by atoms with van der Waals surface area (Å²) in [4.78, 5) is 45.9. The van der Waals surface area contributed by atoms with E-state index >= 15 is 0 Å². The third kappa shape index (κ3) is 4.67. The molecule has 32 heavy (non-hydrogen) atoms. The first-order valence-corrected chi connectivity index (χ1v) is 10.8. The smallest absolute Gasteiger partial charge is 0.333 e. The zero-order valence-corrected chi connectivity index (χ0v) is 19.3. The van der Waals surface area contributed by atoms with Gasteiger partial charge in [-0.15, -0.1) is 0 Å². The topological polar surface area (TPSA) is 91.4 Å². The summed E-state index contributed by atoms with van der Waals surface area (Å²) in [7, 11) is 1.58. The van der Waals surface area contributed by atoms with Crippen molar-refractivity contribution in [1.82, 2.24) is 23.6 Å². The van der Waals surface area contributed by atoms with Crippen LogP contribution in [0.1, 0.15) is 33.3 Å². The number of rotatable bonds is 9. The van der Waals surface area contributed by atoms with Crippen molar-refractivity contribution in [3.8, 4) is 0 Å². The molecule has 3 aromatic rings. The number of carbonyl (C=O) groups is 1. The van der Waals surface area contributed by atoms with Gasteiger partial charge in [0.05, 0.1) is 19.5 Å². The molecule has 0 fully saturated rings. The van der Waals surface area contributed by atoms with Gasteiger partial charge in [0.2, 0.25) is 5.91 Å². The van der Waals surface area contributed by atoms with Gasteiger partial charge in [-0.2, -0.15) is 0 Å². The molecule has 0 unspecified atom stereocenters. The van der Waals surface area contributed by atoms with Crippen molar-refractivity contribution >= 4 is 17.1 Å². The zero-order valence-electron chi connectivity index (χ0n) is 19.3. The second-order valence-electron chi connectivity index (χ2n) is 8.34. The molecular formula is C23H31N5O4. The van der Waals surface area contributed by atoms with Crippen LogP contribution in [0.25, 0.3) is 11.2 Å². The highest BCUT2D eigenvalue weighted by Gasteiger charge is 2.24.